The molecule has 0 saturated carbocycles. The van der Waals surface area contributed by atoms with Gasteiger partial charge in [0, 0.05) is 6.04 Å². The van der Waals surface area contributed by atoms with Gasteiger partial charge in [-0.2, -0.15) is 0 Å². The highest BCUT2D eigenvalue weighted by Gasteiger charge is 2.12. The van der Waals surface area contributed by atoms with Crippen molar-refractivity contribution in [2.75, 3.05) is 13.7 Å². The van der Waals surface area contributed by atoms with Crippen LogP contribution in [0.5, 0.6) is 0 Å². The van der Waals surface area contributed by atoms with Gasteiger partial charge in [-0.05, 0) is 32.4 Å². The lowest BCUT2D eigenvalue weighted by molar-refractivity contribution is 0.0418. The van der Waals surface area contributed by atoms with Crippen molar-refractivity contribution in [2.45, 2.75) is 38.8 Å². The quantitative estimate of drug-likeness (QED) is 0.764. The molecule has 1 rings (SSSR count). The molecule has 0 spiro atoms. The molecule has 0 radical (unpaired) electrons. The smallest absolute Gasteiger partial charge is 0.0699 e. The molecule has 1 N–H and O–H groups in total. The van der Waals surface area contributed by atoms with Crippen LogP contribution < -0.4 is 5.32 Å². The molecule has 1 aromatic carbocycles. The summed E-state index contributed by atoms with van der Waals surface area (Å²) < 4.78 is 5.83. The summed E-state index contributed by atoms with van der Waals surface area (Å²) in [5.74, 6) is 0. The Morgan fingerprint density at radius 1 is 1.25 bits per heavy atom. The third-order valence-electron chi connectivity index (χ3n) is 2.99. The Kier molecular flexibility index (Phi) is 6.12. The first-order chi connectivity index (χ1) is 7.77. The van der Waals surface area contributed by atoms with Gasteiger partial charge in [-0.1, -0.05) is 37.3 Å². The second-order valence-corrected chi connectivity index (χ2v) is 4.11. The van der Waals surface area contributed by atoms with Crippen LogP contribution in [-0.2, 0) is 11.2 Å². The van der Waals surface area contributed by atoms with E-state index in [1.54, 1.807) is 0 Å². The minimum atomic E-state index is 0.277. The van der Waals surface area contributed by atoms with Crippen LogP contribution in [0.15, 0.2) is 30.3 Å². The average Bonchev–Trinajstić information content (AvgIpc) is 2.32. The molecule has 0 aliphatic rings. The number of rotatable bonds is 7. The van der Waals surface area contributed by atoms with Crippen LogP contribution >= 0.6 is 0 Å². The molecule has 0 heterocycles. The van der Waals surface area contributed by atoms with E-state index in [4.69, 9.17) is 4.74 Å². The van der Waals surface area contributed by atoms with Crippen LogP contribution in [0.3, 0.4) is 0 Å². The Labute approximate surface area is 99.0 Å². The Morgan fingerprint density at radius 2 is 1.94 bits per heavy atom. The second-order valence-electron chi connectivity index (χ2n) is 4.11. The SMILES string of the molecule is CCC(NC)C(C)OCCc1ccccc1. The van der Waals surface area contributed by atoms with Crippen molar-refractivity contribution < 1.29 is 4.74 Å². The molecule has 16 heavy (non-hydrogen) atoms. The molecular weight excluding hydrogens is 198 g/mol. The first-order valence-corrected chi connectivity index (χ1v) is 6.10. The van der Waals surface area contributed by atoms with Crippen molar-refractivity contribution in [3.8, 4) is 0 Å². The number of nitrogens with one attached hydrogen (secondary N) is 1. The van der Waals surface area contributed by atoms with Crippen molar-refractivity contribution in [1.82, 2.24) is 5.32 Å². The van der Waals surface area contributed by atoms with Gasteiger partial charge in [0.05, 0.1) is 12.7 Å². The van der Waals surface area contributed by atoms with E-state index in [0.29, 0.717) is 6.04 Å². The molecule has 0 aromatic heterocycles. The maximum Gasteiger partial charge on any atom is 0.0699 e. The van der Waals surface area contributed by atoms with E-state index < -0.39 is 0 Å². The van der Waals surface area contributed by atoms with Gasteiger partial charge in [0.25, 0.3) is 0 Å². The number of hydrogen-bond acceptors (Lipinski definition) is 2. The molecule has 0 aliphatic heterocycles. The fourth-order valence-corrected chi connectivity index (χ4v) is 1.89. The van der Waals surface area contributed by atoms with E-state index in [1.807, 2.05) is 13.1 Å². The van der Waals surface area contributed by atoms with Crippen molar-refractivity contribution >= 4 is 0 Å². The molecule has 2 atom stereocenters. The summed E-state index contributed by atoms with van der Waals surface area (Å²) in [5, 5.41) is 3.28. The van der Waals surface area contributed by atoms with Crippen molar-refractivity contribution in [3.63, 3.8) is 0 Å². The summed E-state index contributed by atoms with van der Waals surface area (Å²) in [6.07, 6.45) is 2.37. The minimum absolute atomic E-state index is 0.277. The van der Waals surface area contributed by atoms with Crippen molar-refractivity contribution in [2.24, 2.45) is 0 Å². The number of benzene rings is 1. The average molecular weight is 221 g/mol. The van der Waals surface area contributed by atoms with E-state index in [9.17, 15) is 0 Å². The highest BCUT2D eigenvalue weighted by molar-refractivity contribution is 5.14. The topological polar surface area (TPSA) is 21.3 Å². The summed E-state index contributed by atoms with van der Waals surface area (Å²) >= 11 is 0. The molecule has 0 amide bonds. The summed E-state index contributed by atoms with van der Waals surface area (Å²) in [5.41, 5.74) is 1.34. The summed E-state index contributed by atoms with van der Waals surface area (Å²) in [6.45, 7) is 5.11. The normalized spacial score (nSPS) is 14.7. The third-order valence-corrected chi connectivity index (χ3v) is 2.99. The summed E-state index contributed by atoms with van der Waals surface area (Å²) in [4.78, 5) is 0. The first-order valence-electron chi connectivity index (χ1n) is 6.10. The lowest BCUT2D eigenvalue weighted by Crippen LogP contribution is -2.37. The largest absolute Gasteiger partial charge is 0.377 e. The van der Waals surface area contributed by atoms with Crippen LogP contribution in [0.4, 0.5) is 0 Å². The Balaban J connectivity index is 2.25. The molecule has 2 unspecified atom stereocenters. The highest BCUT2D eigenvalue weighted by atomic mass is 16.5. The Bertz CT molecular complexity index is 269. The molecule has 90 valence electrons. The van der Waals surface area contributed by atoms with E-state index in [1.165, 1.54) is 5.56 Å². The molecule has 0 fully saturated rings. The summed E-state index contributed by atoms with van der Waals surface area (Å²) in [6, 6.07) is 10.9. The second kappa shape index (κ2) is 7.42. The van der Waals surface area contributed by atoms with E-state index >= 15 is 0 Å². The van der Waals surface area contributed by atoms with Gasteiger partial charge in [-0.25, -0.2) is 0 Å². The highest BCUT2D eigenvalue weighted by Crippen LogP contribution is 2.05. The van der Waals surface area contributed by atoms with Gasteiger partial charge in [0.2, 0.25) is 0 Å². The zero-order valence-corrected chi connectivity index (χ0v) is 10.6. The van der Waals surface area contributed by atoms with Crippen LogP contribution in [0, 0.1) is 0 Å². The number of likely N-dealkylation sites (N-methyl/N-ethyl adjacent to an activating group) is 1. The molecular formula is C14H23NO. The van der Waals surface area contributed by atoms with Crippen LogP contribution in [0.25, 0.3) is 0 Å². The van der Waals surface area contributed by atoms with Gasteiger partial charge in [-0.15, -0.1) is 0 Å². The number of ether oxygens (including phenoxy) is 1. The Hall–Kier alpha value is -0.860. The van der Waals surface area contributed by atoms with Gasteiger partial charge >= 0.3 is 0 Å². The van der Waals surface area contributed by atoms with Crippen molar-refractivity contribution in [1.29, 1.82) is 0 Å². The van der Waals surface area contributed by atoms with Gasteiger partial charge in [0.15, 0.2) is 0 Å². The lowest BCUT2D eigenvalue weighted by atomic mass is 10.1. The minimum Gasteiger partial charge on any atom is -0.377 e. The fourth-order valence-electron chi connectivity index (χ4n) is 1.89. The predicted molar refractivity (Wildman–Crippen MR) is 68.7 cm³/mol. The molecule has 0 bridgehead atoms. The zero-order chi connectivity index (χ0) is 11.8. The number of hydrogen-bond donors (Lipinski definition) is 1. The predicted octanol–water partition coefficient (Wildman–Crippen LogP) is 2.63. The fraction of sp³-hybridized carbons (Fsp3) is 0.571. The van der Waals surface area contributed by atoms with E-state index in [-0.39, 0.29) is 6.10 Å². The molecule has 2 nitrogen and oxygen atoms in total. The zero-order valence-electron chi connectivity index (χ0n) is 10.6. The molecule has 1 aromatic rings. The van der Waals surface area contributed by atoms with Gasteiger partial charge in [0.1, 0.15) is 0 Å². The first kappa shape index (κ1) is 13.2. The van der Waals surface area contributed by atoms with Crippen LogP contribution in [0.2, 0.25) is 0 Å². The van der Waals surface area contributed by atoms with Gasteiger partial charge in [-0.3, -0.25) is 0 Å². The molecule has 2 heteroatoms. The van der Waals surface area contributed by atoms with Crippen LogP contribution in [-0.4, -0.2) is 25.8 Å². The van der Waals surface area contributed by atoms with E-state index in [0.717, 1.165) is 19.4 Å². The van der Waals surface area contributed by atoms with Crippen LogP contribution in [0.1, 0.15) is 25.8 Å². The maximum absolute atomic E-state index is 5.83. The van der Waals surface area contributed by atoms with E-state index in [2.05, 4.69) is 43.4 Å². The molecule has 0 saturated heterocycles. The lowest BCUT2D eigenvalue weighted by Gasteiger charge is -2.22. The molecule has 0 aliphatic carbocycles. The Morgan fingerprint density at radius 3 is 2.50 bits per heavy atom. The van der Waals surface area contributed by atoms with Gasteiger partial charge < -0.3 is 10.1 Å². The standard InChI is InChI=1S/C14H23NO/c1-4-14(15-3)12(2)16-11-10-13-8-6-5-7-9-13/h5-9,12,14-15H,4,10-11H2,1-3H3. The maximum atomic E-state index is 5.83. The monoisotopic (exact) mass is 221 g/mol. The third kappa shape index (κ3) is 4.33. The summed E-state index contributed by atoms with van der Waals surface area (Å²) in [7, 11) is 1.99. The van der Waals surface area contributed by atoms with Crippen molar-refractivity contribution in [3.05, 3.63) is 35.9 Å².